The molecule has 2 aromatic heterocycles. The summed E-state index contributed by atoms with van der Waals surface area (Å²) in [6.45, 7) is 12.9. The fourth-order valence-electron chi connectivity index (χ4n) is 12.4. The molecule has 0 unspecified atom stereocenters. The van der Waals surface area contributed by atoms with Gasteiger partial charge in [0.1, 0.15) is 53.7 Å². The van der Waals surface area contributed by atoms with Gasteiger partial charge in [0.15, 0.2) is 0 Å². The molecule has 2 aliphatic carbocycles. The highest BCUT2D eigenvalue weighted by Gasteiger charge is 2.63. The standard InChI is InChI=1S/C38H59N7O9SSi.C27H37N7O6S/c1-37(2,3)54-36(49)40-29-18-13-11-9-10-12-16-26-23-38(26,34(48)42-55(50,51)43(4)5)41-32(46)31-22-27(24-44(31)33(29)47)53-35-39-28-17-14-15-19-30(28)45(35)25-52-20-21-56(6,7)8;1-33(2)41(38,39)32-25(37)27-15-17(27)10-6-4-3-5-7-11-19(28)24(36)34-16-18(14-22(34)23(35)31-27)40-26-29-20-12-8-9-13-21(20)30-26/h12,14-17,19,26-27,29,31H,9-11,13,18,20-25H2,1-8H3,(H,40,49)(H,41,46)(H,42,48);6,8-10,12-13,17-19,22H,3-5,7,11,14-16,28H2,1-2H3,(H,29,30)(H,31,35)(H,32,37)/b16-12-;10-6-/t26-,27-,29+,31+,38-;17-,18-,19+,22+,27-/m11/s1. The second-order valence-electron chi connectivity index (χ2n) is 28.6. The fourth-order valence-corrected chi connectivity index (χ4v) is 14.3. The number of carbonyl (C=O) groups excluding carboxylic acids is 7. The summed E-state index contributed by atoms with van der Waals surface area (Å²) >= 11 is 0. The van der Waals surface area contributed by atoms with Gasteiger partial charge in [-0.3, -0.25) is 33.3 Å². The number of nitrogens with one attached hydrogen (secondary N) is 6. The van der Waals surface area contributed by atoms with E-state index in [9.17, 15) is 50.4 Å². The summed E-state index contributed by atoms with van der Waals surface area (Å²) in [7, 11) is -4.40. The van der Waals surface area contributed by atoms with Crippen LogP contribution in [-0.4, -0.2) is 205 Å². The molecule has 6 heterocycles. The first kappa shape index (κ1) is 73.7. The number of allylic oxidation sites excluding steroid dienone is 2. The molecule has 32 heteroatoms. The number of para-hydroxylation sites is 4. The molecule has 4 aromatic rings. The highest BCUT2D eigenvalue weighted by Crippen LogP contribution is 2.47. The van der Waals surface area contributed by atoms with Crippen LogP contribution in [0.5, 0.6) is 12.0 Å². The lowest BCUT2D eigenvalue weighted by Gasteiger charge is -2.30. The number of aromatic amines is 1. The predicted octanol–water partition coefficient (Wildman–Crippen LogP) is 4.46. The first-order chi connectivity index (χ1) is 45.7. The quantitative estimate of drug-likeness (QED) is 0.0462. The van der Waals surface area contributed by atoms with Gasteiger partial charge in [-0.05, 0) is 102 Å². The molecular formula is C65H96N14O15S2Si. The van der Waals surface area contributed by atoms with Gasteiger partial charge >= 0.3 is 26.5 Å². The van der Waals surface area contributed by atoms with Crippen LogP contribution in [0.1, 0.15) is 111 Å². The molecule has 10 atom stereocenters. The summed E-state index contributed by atoms with van der Waals surface area (Å²) in [5.41, 5.74) is 5.46. The zero-order valence-electron chi connectivity index (χ0n) is 57.1. The predicted molar refractivity (Wildman–Crippen MR) is 364 cm³/mol. The Bertz CT molecular complexity index is 3820. The first-order valence-corrected chi connectivity index (χ1v) is 39.9. The Kier molecular flexibility index (Phi) is 23.1. The molecule has 10 rings (SSSR count). The van der Waals surface area contributed by atoms with Crippen LogP contribution in [0, 0.1) is 11.8 Å². The van der Waals surface area contributed by atoms with Crippen molar-refractivity contribution >= 4 is 92.1 Å². The van der Waals surface area contributed by atoms with E-state index in [1.807, 2.05) is 77.4 Å². The van der Waals surface area contributed by atoms with Crippen LogP contribution in [0.3, 0.4) is 0 Å². The molecule has 2 saturated heterocycles. The van der Waals surface area contributed by atoms with E-state index in [1.165, 1.54) is 38.0 Å². The Balaban J connectivity index is 0.000000238. The number of imidazole rings is 2. The van der Waals surface area contributed by atoms with Gasteiger partial charge in [0.2, 0.25) is 23.6 Å². The van der Waals surface area contributed by atoms with Crippen molar-refractivity contribution in [1.29, 1.82) is 0 Å². The summed E-state index contributed by atoms with van der Waals surface area (Å²) in [5, 5.41) is 8.42. The molecule has 4 aliphatic heterocycles. The van der Waals surface area contributed by atoms with Crippen LogP contribution in [0.15, 0.2) is 72.8 Å². The summed E-state index contributed by atoms with van der Waals surface area (Å²) < 4.78 is 82.3. The highest BCUT2D eigenvalue weighted by molar-refractivity contribution is 7.88. The number of hydrogen-bond acceptors (Lipinski definition) is 18. The van der Waals surface area contributed by atoms with Crippen molar-refractivity contribution in [3.63, 3.8) is 0 Å². The van der Waals surface area contributed by atoms with Crippen LogP contribution in [0.4, 0.5) is 4.79 Å². The minimum Gasteiger partial charge on any atom is -0.459 e. The minimum atomic E-state index is -4.17. The van der Waals surface area contributed by atoms with Crippen molar-refractivity contribution in [1.82, 2.24) is 63.3 Å². The molecular weight excluding hydrogens is 1310 g/mol. The number of alkyl carbamates (subject to hydrolysis) is 1. The topological polar surface area (TPSA) is 370 Å². The minimum absolute atomic E-state index is 0.0271. The molecule has 532 valence electrons. The molecule has 97 heavy (non-hydrogen) atoms. The number of amides is 7. The number of carbonyl (C=O) groups is 7. The van der Waals surface area contributed by atoms with Gasteiger partial charge in [0, 0.05) is 67.5 Å². The number of ether oxygens (including phenoxy) is 4. The molecule has 0 radical (unpaired) electrons. The number of H-pyrrole nitrogens is 1. The van der Waals surface area contributed by atoms with E-state index in [4.69, 9.17) is 29.7 Å². The third-order valence-corrected chi connectivity index (χ3v) is 22.7. The third-order valence-electron chi connectivity index (χ3n) is 18.2. The maximum absolute atomic E-state index is 14.5. The lowest BCUT2D eigenvalue weighted by Crippen LogP contribution is -2.58. The van der Waals surface area contributed by atoms with Gasteiger partial charge in [-0.15, -0.1) is 0 Å². The Morgan fingerprint density at radius 3 is 1.77 bits per heavy atom. The lowest BCUT2D eigenvalue weighted by atomic mass is 10.0. The Hall–Kier alpha value is -7.49. The van der Waals surface area contributed by atoms with Gasteiger partial charge in [-0.2, -0.15) is 35.4 Å². The normalized spacial score (nSPS) is 27.6. The summed E-state index contributed by atoms with van der Waals surface area (Å²) in [4.78, 5) is 111. The van der Waals surface area contributed by atoms with Crippen molar-refractivity contribution in [2.75, 3.05) is 47.9 Å². The van der Waals surface area contributed by atoms with Crippen molar-refractivity contribution in [3.05, 3.63) is 72.8 Å². The lowest BCUT2D eigenvalue weighted by molar-refractivity contribution is -0.141. The highest BCUT2D eigenvalue weighted by atomic mass is 32.2. The van der Waals surface area contributed by atoms with Gasteiger partial charge in [0.25, 0.3) is 23.8 Å². The van der Waals surface area contributed by atoms with E-state index in [0.717, 1.165) is 69.7 Å². The van der Waals surface area contributed by atoms with Crippen molar-refractivity contribution < 1.29 is 69.3 Å². The van der Waals surface area contributed by atoms with Gasteiger partial charge in [-0.25, -0.2) is 14.2 Å². The van der Waals surface area contributed by atoms with Crippen molar-refractivity contribution in [3.8, 4) is 12.0 Å². The van der Waals surface area contributed by atoms with Crippen LogP contribution >= 0.6 is 0 Å². The maximum Gasteiger partial charge on any atom is 0.408 e. The van der Waals surface area contributed by atoms with E-state index in [2.05, 4.69) is 55.0 Å². The maximum atomic E-state index is 14.5. The van der Waals surface area contributed by atoms with Crippen LogP contribution in [-0.2, 0) is 65.4 Å². The Morgan fingerprint density at radius 1 is 0.701 bits per heavy atom. The van der Waals surface area contributed by atoms with Gasteiger partial charge in [-0.1, -0.05) is 93.9 Å². The number of nitrogens with zero attached hydrogens (tertiary/aromatic N) is 7. The second kappa shape index (κ2) is 30.3. The van der Waals surface area contributed by atoms with Gasteiger partial charge in [0.05, 0.1) is 41.2 Å². The summed E-state index contributed by atoms with van der Waals surface area (Å²) in [5.74, 6) is -4.61. The molecule has 7 amide bonds. The molecule has 29 nitrogen and oxygen atoms in total. The largest absolute Gasteiger partial charge is 0.459 e. The van der Waals surface area contributed by atoms with E-state index < -0.39 is 123 Å². The molecule has 0 bridgehead atoms. The van der Waals surface area contributed by atoms with Crippen LogP contribution in [0.2, 0.25) is 25.7 Å². The Labute approximate surface area is 568 Å². The molecule has 4 fully saturated rings. The second-order valence-corrected chi connectivity index (χ2v) is 38.0. The smallest absolute Gasteiger partial charge is 0.408 e. The molecule has 2 saturated carbocycles. The average Bonchev–Trinajstić information content (AvgIpc) is 1.58. The third kappa shape index (κ3) is 18.4. The van der Waals surface area contributed by atoms with E-state index >= 15 is 0 Å². The first-order valence-electron chi connectivity index (χ1n) is 33.3. The molecule has 0 spiro atoms. The number of hydrogen-bond donors (Lipinski definition) is 7. The molecule has 2 aromatic carbocycles. The summed E-state index contributed by atoms with van der Waals surface area (Å²) in [6, 6.07) is 12.6. The zero-order chi connectivity index (χ0) is 70.4. The van der Waals surface area contributed by atoms with E-state index in [1.54, 1.807) is 20.8 Å². The number of nitrogens with two attached hydrogens (primary N) is 1. The molecule has 8 N–H and O–H groups in total. The van der Waals surface area contributed by atoms with Crippen molar-refractivity contribution in [2.45, 2.75) is 196 Å². The number of fused-ring (bicyclic) bond motifs is 6. The Morgan fingerprint density at radius 2 is 1.23 bits per heavy atom. The number of benzene rings is 2. The molecule has 6 aliphatic rings. The van der Waals surface area contributed by atoms with E-state index in [0.29, 0.717) is 37.8 Å². The monoisotopic (exact) mass is 1400 g/mol. The fraction of sp³-hybridized carbons (Fsp3) is 0.615. The van der Waals surface area contributed by atoms with Gasteiger partial charge < -0.3 is 55.4 Å². The zero-order valence-corrected chi connectivity index (χ0v) is 59.8. The number of aromatic nitrogens is 4. The average molecular weight is 1410 g/mol. The summed E-state index contributed by atoms with van der Waals surface area (Å²) in [6.07, 6.45) is 13.0. The van der Waals surface area contributed by atoms with Crippen LogP contribution < -0.4 is 40.6 Å². The van der Waals surface area contributed by atoms with Crippen molar-refractivity contribution in [2.24, 2.45) is 17.6 Å². The van der Waals surface area contributed by atoms with Crippen LogP contribution in [0.25, 0.3) is 22.1 Å². The SMILES string of the molecule is CN(C)S(=O)(=O)NC(=O)[C@@]12C[C@H]1/C=C\CCCCC[C@H](N)C(=O)N1C[C@H](Oc3nc4ccccc4[nH]3)C[C@H]1C(=O)N2.CN(C)S(=O)(=O)NC(=O)[C@@]12C[C@H]1/C=C\CCCCC[C@H](NC(=O)OC(C)(C)C)C(=O)N1C[C@H](Oc3nc4ccccc4n3COCC[Si](C)(C)C)C[C@H]1C(=O)N2. The number of rotatable bonds is 16. The van der Waals surface area contributed by atoms with E-state index in [-0.39, 0.29) is 69.3 Å².